The predicted octanol–water partition coefficient (Wildman–Crippen LogP) is 1.45. The molecule has 0 heterocycles. The Labute approximate surface area is 90.5 Å². The lowest BCUT2D eigenvalue weighted by molar-refractivity contribution is -0.139. The number of hydrogen-bond acceptors (Lipinski definition) is 4. The standard InChI is InChI=1S/C9H11BrN2O2/c1-14-9(13)4-6-2-7(10)5-8(3-6)12-11/h2-3,5,12H,4,11H2,1H3. The lowest BCUT2D eigenvalue weighted by Gasteiger charge is -2.05. The summed E-state index contributed by atoms with van der Waals surface area (Å²) < 4.78 is 5.43. The first-order valence-electron chi connectivity index (χ1n) is 3.98. The van der Waals surface area contributed by atoms with Gasteiger partial charge in [0.25, 0.3) is 0 Å². The molecule has 0 fully saturated rings. The van der Waals surface area contributed by atoms with Gasteiger partial charge in [-0.25, -0.2) is 0 Å². The van der Waals surface area contributed by atoms with Gasteiger partial charge in [0.05, 0.1) is 13.5 Å². The molecule has 0 atom stereocenters. The number of hydrogen-bond donors (Lipinski definition) is 2. The lowest BCUT2D eigenvalue weighted by atomic mass is 10.1. The van der Waals surface area contributed by atoms with Crippen molar-refractivity contribution < 1.29 is 9.53 Å². The first kappa shape index (κ1) is 11.0. The van der Waals surface area contributed by atoms with Gasteiger partial charge in [0.1, 0.15) is 0 Å². The van der Waals surface area contributed by atoms with E-state index in [1.807, 2.05) is 12.1 Å². The highest BCUT2D eigenvalue weighted by molar-refractivity contribution is 9.10. The number of carbonyl (C=O) groups excluding carboxylic acids is 1. The normalized spacial score (nSPS) is 9.64. The number of anilines is 1. The second-order valence-corrected chi connectivity index (χ2v) is 3.66. The topological polar surface area (TPSA) is 64.3 Å². The molecule has 0 radical (unpaired) electrons. The smallest absolute Gasteiger partial charge is 0.309 e. The van der Waals surface area contributed by atoms with Crippen LogP contribution in [0.25, 0.3) is 0 Å². The van der Waals surface area contributed by atoms with E-state index in [4.69, 9.17) is 5.84 Å². The van der Waals surface area contributed by atoms with Crippen LogP contribution in [0.4, 0.5) is 5.69 Å². The Kier molecular flexibility index (Phi) is 3.91. The van der Waals surface area contributed by atoms with Gasteiger partial charge in [-0.2, -0.15) is 0 Å². The van der Waals surface area contributed by atoms with Crippen molar-refractivity contribution in [1.29, 1.82) is 0 Å². The maximum absolute atomic E-state index is 11.0. The van der Waals surface area contributed by atoms with Crippen molar-refractivity contribution in [1.82, 2.24) is 0 Å². The fourth-order valence-electron chi connectivity index (χ4n) is 1.07. The number of carbonyl (C=O) groups is 1. The van der Waals surface area contributed by atoms with E-state index >= 15 is 0 Å². The Hall–Kier alpha value is -1.07. The molecule has 0 saturated heterocycles. The predicted molar refractivity (Wildman–Crippen MR) is 57.7 cm³/mol. The Balaban J connectivity index is 2.86. The summed E-state index contributed by atoms with van der Waals surface area (Å²) in [4.78, 5) is 11.0. The number of nitrogens with one attached hydrogen (secondary N) is 1. The van der Waals surface area contributed by atoms with Crippen LogP contribution in [0.15, 0.2) is 22.7 Å². The van der Waals surface area contributed by atoms with E-state index in [0.29, 0.717) is 0 Å². The third kappa shape index (κ3) is 3.01. The van der Waals surface area contributed by atoms with Crippen LogP contribution in [0.2, 0.25) is 0 Å². The summed E-state index contributed by atoms with van der Waals surface area (Å²) in [5, 5.41) is 0. The molecule has 4 nitrogen and oxygen atoms in total. The summed E-state index contributed by atoms with van der Waals surface area (Å²) in [5.74, 6) is 4.99. The van der Waals surface area contributed by atoms with Gasteiger partial charge < -0.3 is 10.2 Å². The van der Waals surface area contributed by atoms with Gasteiger partial charge in [0.2, 0.25) is 0 Å². The number of nitrogen functional groups attached to an aromatic ring is 1. The molecule has 3 N–H and O–H groups in total. The average molecular weight is 259 g/mol. The third-order valence-electron chi connectivity index (χ3n) is 1.70. The fraction of sp³-hybridized carbons (Fsp3) is 0.222. The number of benzene rings is 1. The molecule has 0 aliphatic carbocycles. The first-order chi connectivity index (χ1) is 6.65. The van der Waals surface area contributed by atoms with Crippen molar-refractivity contribution in [2.75, 3.05) is 12.5 Å². The van der Waals surface area contributed by atoms with Crippen LogP contribution < -0.4 is 11.3 Å². The third-order valence-corrected chi connectivity index (χ3v) is 2.16. The number of rotatable bonds is 3. The maximum Gasteiger partial charge on any atom is 0.309 e. The molecular weight excluding hydrogens is 248 g/mol. The molecule has 0 saturated carbocycles. The minimum atomic E-state index is -0.272. The molecule has 76 valence electrons. The summed E-state index contributed by atoms with van der Waals surface area (Å²) in [6.45, 7) is 0. The van der Waals surface area contributed by atoms with Crippen LogP contribution in [0, 0.1) is 0 Å². The maximum atomic E-state index is 11.0. The van der Waals surface area contributed by atoms with E-state index in [0.717, 1.165) is 15.7 Å². The van der Waals surface area contributed by atoms with Crippen molar-refractivity contribution in [2.45, 2.75) is 6.42 Å². The summed E-state index contributed by atoms with van der Waals surface area (Å²) in [7, 11) is 1.36. The minimum absolute atomic E-state index is 0.241. The van der Waals surface area contributed by atoms with Gasteiger partial charge in [-0.1, -0.05) is 15.9 Å². The summed E-state index contributed by atoms with van der Waals surface area (Å²) in [5.41, 5.74) is 4.11. The van der Waals surface area contributed by atoms with Crippen LogP contribution in [0.1, 0.15) is 5.56 Å². The Morgan fingerprint density at radius 1 is 1.57 bits per heavy atom. The van der Waals surface area contributed by atoms with Crippen LogP contribution in [0.3, 0.4) is 0 Å². The molecule has 1 rings (SSSR count). The van der Waals surface area contributed by atoms with Crippen molar-refractivity contribution in [2.24, 2.45) is 5.84 Å². The van der Waals surface area contributed by atoms with Crippen molar-refractivity contribution >= 4 is 27.6 Å². The SMILES string of the molecule is COC(=O)Cc1cc(Br)cc(NN)c1. The Morgan fingerprint density at radius 3 is 2.86 bits per heavy atom. The van der Waals surface area contributed by atoms with Crippen molar-refractivity contribution in [3.05, 3.63) is 28.2 Å². The van der Waals surface area contributed by atoms with E-state index < -0.39 is 0 Å². The highest BCUT2D eigenvalue weighted by Crippen LogP contribution is 2.19. The molecule has 14 heavy (non-hydrogen) atoms. The molecule has 1 aromatic rings. The zero-order valence-corrected chi connectivity index (χ0v) is 9.30. The molecule has 0 bridgehead atoms. The summed E-state index contributed by atoms with van der Waals surface area (Å²) in [6.07, 6.45) is 0.241. The van der Waals surface area contributed by atoms with E-state index in [1.165, 1.54) is 7.11 Å². The van der Waals surface area contributed by atoms with Crippen LogP contribution in [-0.2, 0) is 16.0 Å². The highest BCUT2D eigenvalue weighted by atomic mass is 79.9. The van der Waals surface area contributed by atoms with Gasteiger partial charge >= 0.3 is 5.97 Å². The lowest BCUT2D eigenvalue weighted by Crippen LogP contribution is -2.08. The number of ether oxygens (including phenoxy) is 1. The number of hydrazine groups is 1. The molecule has 0 aromatic heterocycles. The van der Waals surface area contributed by atoms with Gasteiger partial charge in [0.15, 0.2) is 0 Å². The summed E-state index contributed by atoms with van der Waals surface area (Å²) in [6, 6.07) is 5.46. The molecule has 5 heteroatoms. The second kappa shape index (κ2) is 4.97. The van der Waals surface area contributed by atoms with Crippen molar-refractivity contribution in [3.63, 3.8) is 0 Å². The average Bonchev–Trinajstić information content (AvgIpc) is 2.16. The van der Waals surface area contributed by atoms with Crippen LogP contribution >= 0.6 is 15.9 Å². The largest absolute Gasteiger partial charge is 0.469 e. The Morgan fingerprint density at radius 2 is 2.29 bits per heavy atom. The second-order valence-electron chi connectivity index (χ2n) is 2.75. The van der Waals surface area contributed by atoms with Gasteiger partial charge in [-0.3, -0.25) is 10.6 Å². The molecular formula is C9H11BrN2O2. The monoisotopic (exact) mass is 258 g/mol. The molecule has 0 aliphatic rings. The van der Waals surface area contributed by atoms with Crippen molar-refractivity contribution in [3.8, 4) is 0 Å². The van der Waals surface area contributed by atoms with Crippen LogP contribution in [0.5, 0.6) is 0 Å². The van der Waals surface area contributed by atoms with E-state index in [1.54, 1.807) is 6.07 Å². The van der Waals surface area contributed by atoms with Gasteiger partial charge in [-0.05, 0) is 23.8 Å². The zero-order chi connectivity index (χ0) is 10.6. The molecule has 0 amide bonds. The number of halogens is 1. The Bertz CT molecular complexity index is 342. The molecule has 0 unspecified atom stereocenters. The quantitative estimate of drug-likeness (QED) is 0.490. The molecule has 0 aliphatic heterocycles. The van der Waals surface area contributed by atoms with Gasteiger partial charge in [-0.15, -0.1) is 0 Å². The number of esters is 1. The molecule has 1 aromatic carbocycles. The van der Waals surface area contributed by atoms with Gasteiger partial charge in [0, 0.05) is 10.2 Å². The van der Waals surface area contributed by atoms with E-state index in [9.17, 15) is 4.79 Å². The highest BCUT2D eigenvalue weighted by Gasteiger charge is 2.04. The van der Waals surface area contributed by atoms with E-state index in [-0.39, 0.29) is 12.4 Å². The zero-order valence-electron chi connectivity index (χ0n) is 7.71. The number of nitrogens with two attached hydrogens (primary N) is 1. The number of methoxy groups -OCH3 is 1. The van der Waals surface area contributed by atoms with Crippen LogP contribution in [-0.4, -0.2) is 13.1 Å². The first-order valence-corrected chi connectivity index (χ1v) is 4.78. The van der Waals surface area contributed by atoms with E-state index in [2.05, 4.69) is 26.1 Å². The minimum Gasteiger partial charge on any atom is -0.469 e. The fourth-order valence-corrected chi connectivity index (χ4v) is 1.62. The summed E-state index contributed by atoms with van der Waals surface area (Å²) >= 11 is 3.32. The molecule has 0 spiro atoms.